The van der Waals surface area contributed by atoms with Crippen molar-refractivity contribution in [3.05, 3.63) is 42.4 Å². The highest BCUT2D eigenvalue weighted by molar-refractivity contribution is 5.60. The summed E-state index contributed by atoms with van der Waals surface area (Å²) in [4.78, 5) is 13.8. The van der Waals surface area contributed by atoms with Crippen molar-refractivity contribution in [2.24, 2.45) is 0 Å². The number of ether oxygens (including phenoxy) is 1. The van der Waals surface area contributed by atoms with Crippen LogP contribution < -0.4 is 14.5 Å². The van der Waals surface area contributed by atoms with Crippen LogP contribution in [0.5, 0.6) is 5.75 Å². The van der Waals surface area contributed by atoms with E-state index in [9.17, 15) is 0 Å². The van der Waals surface area contributed by atoms with Gasteiger partial charge in [0.05, 0.1) is 12.8 Å². The molecule has 0 spiro atoms. The first-order valence-corrected chi connectivity index (χ1v) is 8.73. The molecule has 1 saturated heterocycles. The average molecular weight is 324 g/mol. The van der Waals surface area contributed by atoms with Gasteiger partial charge in [0.25, 0.3) is 0 Å². The molecule has 2 aliphatic rings. The van der Waals surface area contributed by atoms with E-state index in [0.717, 1.165) is 31.2 Å². The van der Waals surface area contributed by atoms with Gasteiger partial charge in [-0.3, -0.25) is 0 Å². The molecule has 1 aliphatic carbocycles. The van der Waals surface area contributed by atoms with E-state index in [1.807, 2.05) is 12.1 Å². The first-order valence-electron chi connectivity index (χ1n) is 8.73. The third-order valence-corrected chi connectivity index (χ3v) is 5.02. The normalized spacial score (nSPS) is 21.0. The second-order valence-electron chi connectivity index (χ2n) is 6.74. The molecule has 2 fully saturated rings. The number of benzene rings is 1. The Bertz CT molecular complexity index is 716. The Morgan fingerprint density at radius 3 is 2.71 bits per heavy atom. The van der Waals surface area contributed by atoms with Gasteiger partial charge in [0, 0.05) is 43.4 Å². The number of hydrogen-bond acceptors (Lipinski definition) is 5. The molecule has 5 heteroatoms. The van der Waals surface area contributed by atoms with Gasteiger partial charge in [-0.05, 0) is 31.9 Å². The molecule has 24 heavy (non-hydrogen) atoms. The van der Waals surface area contributed by atoms with Crippen molar-refractivity contribution in [3.63, 3.8) is 0 Å². The predicted octanol–water partition coefficient (Wildman–Crippen LogP) is 3.08. The van der Waals surface area contributed by atoms with Crippen molar-refractivity contribution < 1.29 is 4.74 Å². The van der Waals surface area contributed by atoms with Crippen molar-refractivity contribution in [2.75, 3.05) is 36.5 Å². The third kappa shape index (κ3) is 2.90. The quantitative estimate of drug-likeness (QED) is 0.864. The number of rotatable bonds is 4. The van der Waals surface area contributed by atoms with Crippen molar-refractivity contribution in [3.8, 4) is 5.75 Å². The van der Waals surface area contributed by atoms with Gasteiger partial charge in [0.15, 0.2) is 0 Å². The van der Waals surface area contributed by atoms with E-state index in [2.05, 4.69) is 44.9 Å². The minimum absolute atomic E-state index is 0.394. The monoisotopic (exact) mass is 324 g/mol. The molecule has 1 aromatic carbocycles. The molecule has 4 rings (SSSR count). The van der Waals surface area contributed by atoms with Crippen LogP contribution in [0.15, 0.2) is 36.7 Å². The van der Waals surface area contributed by atoms with Crippen molar-refractivity contribution >= 4 is 11.5 Å². The fourth-order valence-electron chi connectivity index (χ4n) is 3.53. The van der Waals surface area contributed by atoms with E-state index in [4.69, 9.17) is 4.74 Å². The Morgan fingerprint density at radius 1 is 1.12 bits per heavy atom. The van der Waals surface area contributed by atoms with E-state index >= 15 is 0 Å². The smallest absolute Gasteiger partial charge is 0.142 e. The third-order valence-electron chi connectivity index (χ3n) is 5.02. The number of para-hydroxylation sites is 2. The maximum atomic E-state index is 5.52. The van der Waals surface area contributed by atoms with Gasteiger partial charge >= 0.3 is 0 Å². The minimum atomic E-state index is 0.394. The molecule has 1 aliphatic heterocycles. The predicted molar refractivity (Wildman–Crippen MR) is 96.0 cm³/mol. The average Bonchev–Trinajstić information content (AvgIpc) is 3.47. The van der Waals surface area contributed by atoms with Crippen LogP contribution in [0.2, 0.25) is 0 Å². The Morgan fingerprint density at radius 2 is 1.96 bits per heavy atom. The standard InChI is InChI=1S/C19H24N4O/c1-14-12-22(17-5-3-4-6-18(17)24-2)9-10-23(14)19-11-16(15-7-8-15)20-13-21-19/h3-6,11,13-15H,7-10,12H2,1-2H3/t14-/m1/s1. The van der Waals surface area contributed by atoms with Crippen LogP contribution >= 0.6 is 0 Å². The Balaban J connectivity index is 1.51. The molecule has 0 amide bonds. The lowest BCUT2D eigenvalue weighted by Gasteiger charge is -2.42. The number of aromatic nitrogens is 2. The van der Waals surface area contributed by atoms with E-state index in [1.165, 1.54) is 24.2 Å². The summed E-state index contributed by atoms with van der Waals surface area (Å²) in [5, 5.41) is 0. The fraction of sp³-hybridized carbons (Fsp3) is 0.474. The highest BCUT2D eigenvalue weighted by Gasteiger charge is 2.29. The molecule has 126 valence electrons. The number of hydrogen-bond donors (Lipinski definition) is 0. The van der Waals surface area contributed by atoms with Crippen LogP contribution in [-0.4, -0.2) is 42.8 Å². The van der Waals surface area contributed by atoms with Crippen LogP contribution in [0.4, 0.5) is 11.5 Å². The zero-order valence-corrected chi connectivity index (χ0v) is 14.4. The van der Waals surface area contributed by atoms with Gasteiger partial charge in [-0.2, -0.15) is 0 Å². The van der Waals surface area contributed by atoms with Crippen LogP contribution in [0, 0.1) is 0 Å². The molecule has 2 heterocycles. The zero-order valence-electron chi connectivity index (χ0n) is 14.4. The largest absolute Gasteiger partial charge is 0.495 e. The van der Waals surface area contributed by atoms with Gasteiger partial charge in [-0.25, -0.2) is 9.97 Å². The van der Waals surface area contributed by atoms with Crippen molar-refractivity contribution in [2.45, 2.75) is 31.7 Å². The maximum Gasteiger partial charge on any atom is 0.142 e. The van der Waals surface area contributed by atoms with Gasteiger partial charge in [-0.1, -0.05) is 12.1 Å². The summed E-state index contributed by atoms with van der Waals surface area (Å²) in [6.07, 6.45) is 4.27. The maximum absolute atomic E-state index is 5.52. The number of piperazine rings is 1. The first-order chi connectivity index (χ1) is 11.8. The molecule has 5 nitrogen and oxygen atoms in total. The fourth-order valence-corrected chi connectivity index (χ4v) is 3.53. The number of nitrogens with zero attached hydrogens (tertiary/aromatic N) is 4. The van der Waals surface area contributed by atoms with E-state index in [0.29, 0.717) is 12.0 Å². The van der Waals surface area contributed by atoms with Crippen LogP contribution in [-0.2, 0) is 0 Å². The summed E-state index contributed by atoms with van der Waals surface area (Å²) in [7, 11) is 1.73. The second kappa shape index (κ2) is 6.30. The summed E-state index contributed by atoms with van der Waals surface area (Å²) in [6.45, 7) is 5.15. The molecule has 0 unspecified atom stereocenters. The molecule has 0 N–H and O–H groups in total. The van der Waals surface area contributed by atoms with Crippen LogP contribution in [0.25, 0.3) is 0 Å². The van der Waals surface area contributed by atoms with Crippen molar-refractivity contribution in [1.29, 1.82) is 0 Å². The van der Waals surface area contributed by atoms with Gasteiger partial charge in [-0.15, -0.1) is 0 Å². The lowest BCUT2D eigenvalue weighted by molar-refractivity contribution is 0.412. The minimum Gasteiger partial charge on any atom is -0.495 e. The molecule has 1 saturated carbocycles. The van der Waals surface area contributed by atoms with Crippen LogP contribution in [0.1, 0.15) is 31.4 Å². The highest BCUT2D eigenvalue weighted by atomic mass is 16.5. The number of anilines is 2. The summed E-state index contributed by atoms with van der Waals surface area (Å²) in [5.74, 6) is 2.67. The van der Waals surface area contributed by atoms with Crippen molar-refractivity contribution in [1.82, 2.24) is 9.97 Å². The molecule has 0 bridgehead atoms. The Hall–Kier alpha value is -2.30. The molecule has 2 aromatic rings. The molecule has 1 aromatic heterocycles. The summed E-state index contributed by atoms with van der Waals surface area (Å²) >= 11 is 0. The van der Waals surface area contributed by atoms with Gasteiger partial charge in [0.2, 0.25) is 0 Å². The van der Waals surface area contributed by atoms with Gasteiger partial charge < -0.3 is 14.5 Å². The Kier molecular flexibility index (Phi) is 4.00. The summed E-state index contributed by atoms with van der Waals surface area (Å²) in [5.41, 5.74) is 2.38. The first kappa shape index (κ1) is 15.2. The van der Waals surface area contributed by atoms with Crippen LogP contribution in [0.3, 0.4) is 0 Å². The molecular weight excluding hydrogens is 300 g/mol. The van der Waals surface area contributed by atoms with E-state index in [1.54, 1.807) is 13.4 Å². The Labute approximate surface area is 143 Å². The second-order valence-corrected chi connectivity index (χ2v) is 6.74. The van der Waals surface area contributed by atoms with E-state index < -0.39 is 0 Å². The SMILES string of the molecule is COc1ccccc1N1CCN(c2cc(C3CC3)ncn2)[C@H](C)C1. The zero-order chi connectivity index (χ0) is 16.5. The summed E-state index contributed by atoms with van der Waals surface area (Å²) < 4.78 is 5.52. The summed E-state index contributed by atoms with van der Waals surface area (Å²) in [6, 6.07) is 10.8. The lowest BCUT2D eigenvalue weighted by Crippen LogP contribution is -2.52. The number of methoxy groups -OCH3 is 1. The van der Waals surface area contributed by atoms with Gasteiger partial charge in [0.1, 0.15) is 17.9 Å². The molecular formula is C19H24N4O. The highest BCUT2D eigenvalue weighted by Crippen LogP contribution is 2.39. The molecule has 1 atom stereocenters. The van der Waals surface area contributed by atoms with E-state index in [-0.39, 0.29) is 0 Å². The lowest BCUT2D eigenvalue weighted by atomic mass is 10.1. The molecule has 0 radical (unpaired) electrons. The topological polar surface area (TPSA) is 41.5 Å².